The molecule has 20 heavy (non-hydrogen) atoms. The standard InChI is InChI=1S/C17H21F2N/c1-2-3-13-6-8-17(12-20,9-7-13)11-14-4-5-15(18)16(19)10-14/h4-5,10,13H,2-3,6-9,11H2,1H3. The van der Waals surface area contributed by atoms with Crippen molar-refractivity contribution in [2.75, 3.05) is 0 Å². The number of rotatable bonds is 4. The summed E-state index contributed by atoms with van der Waals surface area (Å²) in [6.45, 7) is 2.19. The molecule has 0 unspecified atom stereocenters. The van der Waals surface area contributed by atoms with E-state index in [4.69, 9.17) is 0 Å². The number of hydrogen-bond donors (Lipinski definition) is 0. The van der Waals surface area contributed by atoms with E-state index in [2.05, 4.69) is 13.0 Å². The maximum atomic E-state index is 13.3. The van der Waals surface area contributed by atoms with Gasteiger partial charge in [0.15, 0.2) is 11.6 Å². The minimum Gasteiger partial charge on any atom is -0.204 e. The molecule has 0 heterocycles. The Bertz CT molecular complexity index is 496. The van der Waals surface area contributed by atoms with E-state index in [1.54, 1.807) is 6.07 Å². The molecule has 0 N–H and O–H groups in total. The lowest BCUT2D eigenvalue weighted by Crippen LogP contribution is -2.28. The quantitative estimate of drug-likeness (QED) is 0.759. The van der Waals surface area contributed by atoms with Crippen molar-refractivity contribution in [1.82, 2.24) is 0 Å². The zero-order valence-corrected chi connectivity index (χ0v) is 12.0. The van der Waals surface area contributed by atoms with Gasteiger partial charge in [0.2, 0.25) is 0 Å². The fraction of sp³-hybridized carbons (Fsp3) is 0.588. The molecule has 1 nitrogen and oxygen atoms in total. The van der Waals surface area contributed by atoms with Crippen molar-refractivity contribution in [1.29, 1.82) is 5.26 Å². The second-order valence-corrected chi connectivity index (χ2v) is 6.05. The first-order valence-electron chi connectivity index (χ1n) is 7.44. The summed E-state index contributed by atoms with van der Waals surface area (Å²) in [6, 6.07) is 6.42. The molecule has 0 aromatic heterocycles. The maximum absolute atomic E-state index is 13.3. The van der Waals surface area contributed by atoms with Gasteiger partial charge in [-0.3, -0.25) is 0 Å². The highest BCUT2D eigenvalue weighted by atomic mass is 19.2. The topological polar surface area (TPSA) is 23.8 Å². The highest BCUT2D eigenvalue weighted by molar-refractivity contribution is 5.22. The van der Waals surface area contributed by atoms with Crippen LogP contribution in [0.3, 0.4) is 0 Å². The fourth-order valence-electron chi connectivity index (χ4n) is 3.30. The summed E-state index contributed by atoms with van der Waals surface area (Å²) in [6.07, 6.45) is 6.83. The summed E-state index contributed by atoms with van der Waals surface area (Å²) in [4.78, 5) is 0. The lowest BCUT2D eigenvalue weighted by atomic mass is 9.67. The van der Waals surface area contributed by atoms with Crippen LogP contribution >= 0.6 is 0 Å². The monoisotopic (exact) mass is 277 g/mol. The van der Waals surface area contributed by atoms with Crippen molar-refractivity contribution < 1.29 is 8.78 Å². The molecule has 0 radical (unpaired) electrons. The average molecular weight is 277 g/mol. The molecule has 1 fully saturated rings. The molecule has 2 rings (SSSR count). The van der Waals surface area contributed by atoms with Crippen LogP contribution < -0.4 is 0 Å². The Morgan fingerprint density at radius 2 is 1.95 bits per heavy atom. The smallest absolute Gasteiger partial charge is 0.159 e. The maximum Gasteiger partial charge on any atom is 0.159 e. The van der Waals surface area contributed by atoms with Crippen LogP contribution in [0.4, 0.5) is 8.78 Å². The molecule has 0 aliphatic heterocycles. The van der Waals surface area contributed by atoms with Gasteiger partial charge in [-0.2, -0.15) is 5.26 Å². The molecule has 3 heteroatoms. The second-order valence-electron chi connectivity index (χ2n) is 6.05. The normalized spacial score (nSPS) is 26.2. The van der Waals surface area contributed by atoms with Crippen LogP contribution in [0.25, 0.3) is 0 Å². The van der Waals surface area contributed by atoms with Crippen LogP contribution in [0.1, 0.15) is 51.0 Å². The van der Waals surface area contributed by atoms with Gasteiger partial charge >= 0.3 is 0 Å². The van der Waals surface area contributed by atoms with Gasteiger partial charge in [-0.1, -0.05) is 25.8 Å². The molecule has 0 amide bonds. The van der Waals surface area contributed by atoms with E-state index < -0.39 is 17.0 Å². The van der Waals surface area contributed by atoms with Crippen LogP contribution in [0.15, 0.2) is 18.2 Å². The van der Waals surface area contributed by atoms with Crippen LogP contribution in [0.2, 0.25) is 0 Å². The Morgan fingerprint density at radius 1 is 1.25 bits per heavy atom. The van der Waals surface area contributed by atoms with Gasteiger partial charge in [-0.05, 0) is 55.7 Å². The van der Waals surface area contributed by atoms with Gasteiger partial charge in [0.05, 0.1) is 11.5 Å². The van der Waals surface area contributed by atoms with Crippen molar-refractivity contribution in [3.8, 4) is 6.07 Å². The number of nitrogens with zero attached hydrogens (tertiary/aromatic N) is 1. The molecule has 0 bridgehead atoms. The van der Waals surface area contributed by atoms with E-state index in [1.165, 1.54) is 18.9 Å². The number of halogens is 2. The van der Waals surface area contributed by atoms with E-state index in [9.17, 15) is 14.0 Å². The summed E-state index contributed by atoms with van der Waals surface area (Å²) < 4.78 is 26.2. The van der Waals surface area contributed by atoms with E-state index in [0.29, 0.717) is 6.42 Å². The molecule has 108 valence electrons. The van der Waals surface area contributed by atoms with Crippen molar-refractivity contribution in [2.45, 2.75) is 51.9 Å². The lowest BCUT2D eigenvalue weighted by molar-refractivity contribution is 0.200. The molecule has 1 aromatic rings. The van der Waals surface area contributed by atoms with Crippen LogP contribution in [-0.2, 0) is 6.42 Å². The zero-order chi connectivity index (χ0) is 14.6. The highest BCUT2D eigenvalue weighted by Crippen LogP contribution is 2.42. The first kappa shape index (κ1) is 15.0. The Morgan fingerprint density at radius 3 is 2.50 bits per heavy atom. The van der Waals surface area contributed by atoms with Gasteiger partial charge in [0.25, 0.3) is 0 Å². The van der Waals surface area contributed by atoms with E-state index in [-0.39, 0.29) is 0 Å². The molecule has 1 aliphatic rings. The summed E-state index contributed by atoms with van der Waals surface area (Å²) in [5, 5.41) is 9.53. The van der Waals surface area contributed by atoms with E-state index in [1.807, 2.05) is 0 Å². The third-order valence-electron chi connectivity index (χ3n) is 4.52. The Hall–Kier alpha value is -1.43. The van der Waals surface area contributed by atoms with Crippen LogP contribution in [-0.4, -0.2) is 0 Å². The first-order chi connectivity index (χ1) is 9.58. The highest BCUT2D eigenvalue weighted by Gasteiger charge is 2.35. The minimum atomic E-state index is -0.827. The number of nitriles is 1. The molecular weight excluding hydrogens is 256 g/mol. The number of benzene rings is 1. The average Bonchev–Trinajstić information content (AvgIpc) is 2.46. The van der Waals surface area contributed by atoms with Gasteiger partial charge in [-0.25, -0.2) is 8.78 Å². The summed E-state index contributed by atoms with van der Waals surface area (Å²) in [5.41, 5.74) is 0.327. The van der Waals surface area contributed by atoms with Crippen molar-refractivity contribution >= 4 is 0 Å². The van der Waals surface area contributed by atoms with E-state index >= 15 is 0 Å². The van der Waals surface area contributed by atoms with Crippen molar-refractivity contribution in [3.05, 3.63) is 35.4 Å². The summed E-state index contributed by atoms with van der Waals surface area (Å²) in [5.74, 6) is -0.923. The van der Waals surface area contributed by atoms with Crippen molar-refractivity contribution in [3.63, 3.8) is 0 Å². The molecule has 1 aliphatic carbocycles. The largest absolute Gasteiger partial charge is 0.204 e. The molecule has 0 saturated heterocycles. The molecule has 0 atom stereocenters. The molecule has 1 aromatic carbocycles. The van der Waals surface area contributed by atoms with Gasteiger partial charge < -0.3 is 0 Å². The zero-order valence-electron chi connectivity index (χ0n) is 12.0. The predicted molar refractivity (Wildman–Crippen MR) is 75.0 cm³/mol. The first-order valence-corrected chi connectivity index (χ1v) is 7.44. The molecular formula is C17H21F2N. The lowest BCUT2D eigenvalue weighted by Gasteiger charge is -2.35. The predicted octanol–water partition coefficient (Wildman–Crippen LogP) is 5.01. The van der Waals surface area contributed by atoms with Gasteiger partial charge in [-0.15, -0.1) is 0 Å². The summed E-state index contributed by atoms with van der Waals surface area (Å²) >= 11 is 0. The Balaban J connectivity index is 2.06. The Labute approximate surface area is 119 Å². The van der Waals surface area contributed by atoms with Gasteiger partial charge in [0.1, 0.15) is 0 Å². The minimum absolute atomic E-state index is 0.394. The third kappa shape index (κ3) is 3.36. The SMILES string of the molecule is CCCC1CCC(C#N)(Cc2ccc(F)c(F)c2)CC1. The second kappa shape index (κ2) is 6.35. The van der Waals surface area contributed by atoms with Crippen LogP contribution in [0, 0.1) is 34.3 Å². The third-order valence-corrected chi connectivity index (χ3v) is 4.52. The summed E-state index contributed by atoms with van der Waals surface area (Å²) in [7, 11) is 0. The van der Waals surface area contributed by atoms with E-state index in [0.717, 1.165) is 43.2 Å². The Kier molecular flexibility index (Phi) is 4.75. The molecule has 1 saturated carbocycles. The molecule has 0 spiro atoms. The van der Waals surface area contributed by atoms with Crippen molar-refractivity contribution in [2.24, 2.45) is 11.3 Å². The number of hydrogen-bond acceptors (Lipinski definition) is 1. The van der Waals surface area contributed by atoms with Crippen LogP contribution in [0.5, 0.6) is 0 Å². The fourth-order valence-corrected chi connectivity index (χ4v) is 3.30. The van der Waals surface area contributed by atoms with Gasteiger partial charge in [0, 0.05) is 0 Å².